The van der Waals surface area contributed by atoms with E-state index in [9.17, 15) is 9.59 Å². The molecule has 0 fully saturated rings. The topological polar surface area (TPSA) is 76.3 Å². The maximum absolute atomic E-state index is 12.8. The Morgan fingerprint density at radius 2 is 1.75 bits per heavy atom. The molecule has 2 aromatic heterocycles. The number of hydrogen-bond donors (Lipinski definition) is 1. The van der Waals surface area contributed by atoms with Crippen LogP contribution in [0.4, 0.5) is 0 Å². The average molecular weight is 515 g/mol. The van der Waals surface area contributed by atoms with Crippen LogP contribution in [0, 0.1) is 0 Å². The first kappa shape index (κ1) is 23.7. The zero-order valence-electron chi connectivity index (χ0n) is 19.2. The van der Waals surface area contributed by atoms with Crippen molar-refractivity contribution in [2.75, 3.05) is 0 Å². The normalized spacial score (nSPS) is 11.4. The molecule has 8 heteroatoms. The van der Waals surface area contributed by atoms with Crippen molar-refractivity contribution in [3.8, 4) is 0 Å². The number of nitrogens with one attached hydrogen (secondary N) is 1. The Bertz CT molecular complexity index is 1660. The molecule has 2 heterocycles. The van der Waals surface area contributed by atoms with Crippen molar-refractivity contribution in [3.05, 3.63) is 111 Å². The van der Waals surface area contributed by atoms with E-state index in [1.165, 1.54) is 13.1 Å². The highest BCUT2D eigenvalue weighted by Crippen LogP contribution is 2.31. The lowest BCUT2D eigenvalue weighted by Gasteiger charge is -2.10. The van der Waals surface area contributed by atoms with Crippen molar-refractivity contribution in [3.63, 3.8) is 0 Å². The van der Waals surface area contributed by atoms with Gasteiger partial charge in [-0.3, -0.25) is 9.59 Å². The van der Waals surface area contributed by atoms with Crippen molar-refractivity contribution >= 4 is 62.9 Å². The average Bonchev–Trinajstić information content (AvgIpc) is 3.19. The molecule has 0 spiro atoms. The van der Waals surface area contributed by atoms with Gasteiger partial charge in [0, 0.05) is 38.4 Å². The number of nitrogens with zero attached hydrogens (tertiary/aromatic N) is 3. The van der Waals surface area contributed by atoms with E-state index in [2.05, 4.69) is 20.1 Å². The summed E-state index contributed by atoms with van der Waals surface area (Å²) in [7, 11) is 0. The fourth-order valence-electron chi connectivity index (χ4n) is 4.10. The molecule has 1 N–H and O–H groups in total. The van der Waals surface area contributed by atoms with E-state index in [-0.39, 0.29) is 11.5 Å². The highest BCUT2D eigenvalue weighted by atomic mass is 35.5. The number of carbonyl (C=O) groups excluding carboxylic acids is 2. The number of rotatable bonds is 6. The minimum atomic E-state index is -0.428. The van der Waals surface area contributed by atoms with Crippen LogP contribution in [-0.4, -0.2) is 27.5 Å². The van der Waals surface area contributed by atoms with Crippen LogP contribution in [0.2, 0.25) is 10.0 Å². The minimum Gasteiger partial charge on any atom is -0.335 e. The number of amides is 1. The number of Topliss-reactive ketones (excluding diaryl/α,β-unsaturated/α-hetero) is 1. The van der Waals surface area contributed by atoms with E-state index in [4.69, 9.17) is 23.2 Å². The van der Waals surface area contributed by atoms with Crippen molar-refractivity contribution in [2.45, 2.75) is 13.5 Å². The van der Waals surface area contributed by atoms with Gasteiger partial charge in [-0.25, -0.2) is 10.4 Å². The summed E-state index contributed by atoms with van der Waals surface area (Å²) < 4.78 is 2.11. The van der Waals surface area contributed by atoms with Gasteiger partial charge in [0.2, 0.25) is 0 Å². The molecule has 1 amide bonds. The second-order valence-corrected chi connectivity index (χ2v) is 9.15. The summed E-state index contributed by atoms with van der Waals surface area (Å²) in [5.74, 6) is -0.437. The number of aromatic nitrogens is 2. The molecular formula is C28H20Cl2N4O2. The summed E-state index contributed by atoms with van der Waals surface area (Å²) in [6.07, 6.45) is 3.20. The summed E-state index contributed by atoms with van der Waals surface area (Å²) in [6.45, 7) is 2.01. The Morgan fingerprint density at radius 1 is 0.972 bits per heavy atom. The van der Waals surface area contributed by atoms with Crippen LogP contribution in [0.25, 0.3) is 21.8 Å². The van der Waals surface area contributed by atoms with Crippen LogP contribution in [0.3, 0.4) is 0 Å². The molecule has 0 radical (unpaired) electrons. The van der Waals surface area contributed by atoms with Crippen molar-refractivity contribution in [2.24, 2.45) is 5.10 Å². The van der Waals surface area contributed by atoms with E-state index in [1.807, 2.05) is 30.3 Å². The monoisotopic (exact) mass is 514 g/mol. The predicted octanol–water partition coefficient (Wildman–Crippen LogP) is 6.51. The maximum atomic E-state index is 12.8. The van der Waals surface area contributed by atoms with E-state index in [1.54, 1.807) is 48.7 Å². The summed E-state index contributed by atoms with van der Waals surface area (Å²) >= 11 is 12.6. The van der Waals surface area contributed by atoms with E-state index in [0.717, 1.165) is 32.9 Å². The van der Waals surface area contributed by atoms with Gasteiger partial charge in [-0.15, -0.1) is 0 Å². The Kier molecular flexibility index (Phi) is 6.55. The number of benzene rings is 3. The Balaban J connectivity index is 1.44. The molecule has 178 valence electrons. The zero-order valence-corrected chi connectivity index (χ0v) is 20.7. The number of hydrogen-bond acceptors (Lipinski definition) is 4. The second-order valence-electron chi connectivity index (χ2n) is 8.30. The number of halogens is 2. The molecule has 0 aliphatic heterocycles. The van der Waals surface area contributed by atoms with Gasteiger partial charge >= 0.3 is 0 Å². The molecule has 3 aromatic carbocycles. The molecule has 0 aliphatic carbocycles. The largest absolute Gasteiger partial charge is 0.335 e. The lowest BCUT2D eigenvalue weighted by molar-refractivity contribution is 0.0949. The first-order chi connectivity index (χ1) is 17.4. The van der Waals surface area contributed by atoms with Crippen LogP contribution in [0.1, 0.15) is 38.9 Å². The van der Waals surface area contributed by atoms with E-state index < -0.39 is 5.91 Å². The third kappa shape index (κ3) is 4.73. The van der Waals surface area contributed by atoms with Crippen LogP contribution in [0.5, 0.6) is 0 Å². The van der Waals surface area contributed by atoms with Crippen LogP contribution in [-0.2, 0) is 6.54 Å². The molecule has 5 rings (SSSR count). The Hall–Kier alpha value is -4.00. The third-order valence-corrected chi connectivity index (χ3v) is 6.53. The lowest BCUT2D eigenvalue weighted by atomic mass is 10.1. The molecule has 0 atom stereocenters. The second kappa shape index (κ2) is 9.93. The zero-order chi connectivity index (χ0) is 25.2. The highest BCUT2D eigenvalue weighted by molar-refractivity contribution is 6.33. The number of para-hydroxylation sites is 1. The first-order valence-electron chi connectivity index (χ1n) is 11.2. The summed E-state index contributed by atoms with van der Waals surface area (Å²) in [6, 6.07) is 22.1. The van der Waals surface area contributed by atoms with E-state index in [0.29, 0.717) is 22.2 Å². The number of carbonyl (C=O) groups is 2. The molecular weight excluding hydrogens is 495 g/mol. The molecule has 36 heavy (non-hydrogen) atoms. The lowest BCUT2D eigenvalue weighted by Crippen LogP contribution is -2.19. The van der Waals surface area contributed by atoms with Crippen molar-refractivity contribution in [1.82, 2.24) is 15.0 Å². The van der Waals surface area contributed by atoms with Gasteiger partial charge in [0.15, 0.2) is 5.78 Å². The predicted molar refractivity (Wildman–Crippen MR) is 144 cm³/mol. The molecule has 0 bridgehead atoms. The molecule has 0 saturated heterocycles. The van der Waals surface area contributed by atoms with E-state index >= 15 is 0 Å². The van der Waals surface area contributed by atoms with Gasteiger partial charge < -0.3 is 4.57 Å². The van der Waals surface area contributed by atoms with Crippen LogP contribution < -0.4 is 5.43 Å². The Morgan fingerprint density at radius 3 is 2.53 bits per heavy atom. The van der Waals surface area contributed by atoms with Gasteiger partial charge in [0.25, 0.3) is 5.91 Å². The number of fused-ring (bicyclic) bond motifs is 3. The molecule has 0 unspecified atom stereocenters. The molecule has 0 saturated carbocycles. The maximum Gasteiger partial charge on any atom is 0.289 e. The fraction of sp³-hybridized carbons (Fsp3) is 0.0714. The summed E-state index contributed by atoms with van der Waals surface area (Å²) in [5.41, 5.74) is 6.89. The van der Waals surface area contributed by atoms with Gasteiger partial charge in [-0.05, 0) is 48.4 Å². The number of hydrazone groups is 1. The third-order valence-electron chi connectivity index (χ3n) is 5.92. The first-order valence-corrected chi connectivity index (χ1v) is 11.9. The fourth-order valence-corrected chi connectivity index (χ4v) is 4.47. The van der Waals surface area contributed by atoms with Gasteiger partial charge in [-0.2, -0.15) is 5.10 Å². The molecule has 5 aromatic rings. The number of ketones is 1. The standard InChI is InChI=1S/C28H20Cl2N4O2/c1-17(35)19-8-6-18(7-9-19)14-32-33-28(36)25-13-23-22-4-2-3-5-26(22)34(27(23)15-31-25)16-20-12-21(29)10-11-24(20)30/h2-15H,16H2,1H3,(H,33,36)/b32-14-. The summed E-state index contributed by atoms with van der Waals surface area (Å²) in [4.78, 5) is 28.6. The van der Waals surface area contributed by atoms with Gasteiger partial charge in [0.05, 0.1) is 17.9 Å². The van der Waals surface area contributed by atoms with Gasteiger partial charge in [0.1, 0.15) is 5.69 Å². The van der Waals surface area contributed by atoms with Crippen molar-refractivity contribution in [1.29, 1.82) is 0 Å². The molecule has 0 aliphatic rings. The minimum absolute atomic E-state index is 0.00900. The summed E-state index contributed by atoms with van der Waals surface area (Å²) in [5, 5.41) is 7.17. The highest BCUT2D eigenvalue weighted by Gasteiger charge is 2.15. The number of pyridine rings is 1. The quantitative estimate of drug-likeness (QED) is 0.159. The van der Waals surface area contributed by atoms with Crippen LogP contribution in [0.15, 0.2) is 84.1 Å². The van der Waals surface area contributed by atoms with Crippen molar-refractivity contribution < 1.29 is 9.59 Å². The Labute approximate surface area is 217 Å². The molecule has 6 nitrogen and oxygen atoms in total. The van der Waals surface area contributed by atoms with Crippen LogP contribution >= 0.6 is 23.2 Å². The smallest absolute Gasteiger partial charge is 0.289 e. The van der Waals surface area contributed by atoms with Gasteiger partial charge in [-0.1, -0.05) is 65.7 Å². The SMILES string of the molecule is CC(=O)c1ccc(/C=N\NC(=O)c2cc3c4ccccc4n(Cc4cc(Cl)ccc4Cl)c3cn2)cc1.